The minimum Gasteiger partial charge on any atom is -0.371 e. The number of likely N-dealkylation sites (N-methyl/N-ethyl adjacent to an activating group) is 2. The molecule has 0 spiro atoms. The first-order valence-corrected chi connectivity index (χ1v) is 5.65. The number of hydrogen-bond acceptors (Lipinski definition) is 4. The van der Waals surface area contributed by atoms with Gasteiger partial charge in [-0.15, -0.1) is 0 Å². The minimum absolute atomic E-state index is 0.0956. The second-order valence-corrected chi connectivity index (χ2v) is 3.21. The fourth-order valence-electron chi connectivity index (χ4n) is 0.879. The molecule has 0 radical (unpaired) electrons. The fraction of sp³-hybridized carbons (Fsp3) is 0.500. The molecule has 0 aromatic rings. The molecule has 0 fully saturated rings. The van der Waals surface area contributed by atoms with Crippen LogP contribution in [0.2, 0.25) is 0 Å². The monoisotopic (exact) mass is 259 g/mol. The van der Waals surface area contributed by atoms with Crippen LogP contribution in [0, 0.1) is 10.1 Å². The molecule has 0 bridgehead atoms. The first-order valence-electron chi connectivity index (χ1n) is 5.65. The second-order valence-electron chi connectivity index (χ2n) is 3.21. The first-order chi connectivity index (χ1) is 8.40. The Hall–Kier alpha value is -1.69. The summed E-state index contributed by atoms with van der Waals surface area (Å²) in [6.07, 6.45) is 0.762. The van der Waals surface area contributed by atoms with E-state index in [2.05, 4.69) is 18.5 Å². The summed E-state index contributed by atoms with van der Waals surface area (Å²) in [5, 5.41) is 13.1. The van der Waals surface area contributed by atoms with Gasteiger partial charge in [-0.25, -0.2) is 4.39 Å². The third kappa shape index (κ3) is 7.56. The lowest BCUT2D eigenvalue weighted by Gasteiger charge is -2.19. The zero-order valence-corrected chi connectivity index (χ0v) is 11.5. The number of nitrogens with zero attached hydrogens (tertiary/aromatic N) is 2. The van der Waals surface area contributed by atoms with E-state index in [1.54, 1.807) is 19.0 Å². The quantitative estimate of drug-likeness (QED) is 0.433. The van der Waals surface area contributed by atoms with Crippen LogP contribution in [0.25, 0.3) is 0 Å². The molecular formula is C12H22FN3O2. The lowest BCUT2D eigenvalue weighted by Crippen LogP contribution is -2.26. The summed E-state index contributed by atoms with van der Waals surface area (Å²) in [7, 11) is 3.43. The highest BCUT2D eigenvalue weighted by Crippen LogP contribution is 2.14. The number of nitrogens with one attached hydrogen (secondary N) is 1. The summed E-state index contributed by atoms with van der Waals surface area (Å²) < 4.78 is 13.4. The van der Waals surface area contributed by atoms with Gasteiger partial charge in [0.25, 0.3) is 5.70 Å². The number of nitro groups is 1. The van der Waals surface area contributed by atoms with E-state index >= 15 is 0 Å². The van der Waals surface area contributed by atoms with Gasteiger partial charge in [0.2, 0.25) is 0 Å². The summed E-state index contributed by atoms with van der Waals surface area (Å²) >= 11 is 0. The van der Waals surface area contributed by atoms with Gasteiger partial charge < -0.3 is 10.2 Å². The Morgan fingerprint density at radius 3 is 2.39 bits per heavy atom. The van der Waals surface area contributed by atoms with Gasteiger partial charge >= 0.3 is 0 Å². The Morgan fingerprint density at radius 1 is 1.50 bits per heavy atom. The average molecular weight is 259 g/mol. The SMILES string of the molecule is C=C(/C(F)=C\C(=C)[N+](=O)[O-])N(C)CCNC.CC. The molecule has 0 saturated heterocycles. The van der Waals surface area contributed by atoms with E-state index in [0.29, 0.717) is 13.1 Å². The Kier molecular flexibility index (Phi) is 10.9. The maximum atomic E-state index is 13.4. The molecule has 0 aliphatic rings. The van der Waals surface area contributed by atoms with Crippen LogP contribution in [0.15, 0.2) is 36.5 Å². The molecule has 0 rings (SSSR count). The van der Waals surface area contributed by atoms with Crippen molar-refractivity contribution in [2.45, 2.75) is 13.8 Å². The molecule has 104 valence electrons. The highest BCUT2D eigenvalue weighted by Gasteiger charge is 2.11. The van der Waals surface area contributed by atoms with Crippen molar-refractivity contribution in [3.8, 4) is 0 Å². The Balaban J connectivity index is 0. The van der Waals surface area contributed by atoms with Crippen LogP contribution in [0.5, 0.6) is 0 Å². The molecule has 6 heteroatoms. The molecule has 0 aliphatic heterocycles. The van der Waals surface area contributed by atoms with Gasteiger partial charge in [-0.1, -0.05) is 20.4 Å². The van der Waals surface area contributed by atoms with Gasteiger partial charge in [-0.2, -0.15) is 0 Å². The topological polar surface area (TPSA) is 58.4 Å². The van der Waals surface area contributed by atoms with E-state index in [4.69, 9.17) is 0 Å². The average Bonchev–Trinajstić information content (AvgIpc) is 2.36. The van der Waals surface area contributed by atoms with Crippen LogP contribution < -0.4 is 5.32 Å². The van der Waals surface area contributed by atoms with Crippen molar-refractivity contribution in [1.29, 1.82) is 0 Å². The van der Waals surface area contributed by atoms with Gasteiger partial charge in [0.15, 0.2) is 5.83 Å². The van der Waals surface area contributed by atoms with E-state index in [1.807, 2.05) is 13.8 Å². The molecule has 0 aliphatic carbocycles. The van der Waals surface area contributed by atoms with Crippen LogP contribution in [0.4, 0.5) is 4.39 Å². The third-order valence-corrected chi connectivity index (χ3v) is 1.96. The maximum absolute atomic E-state index is 13.4. The second kappa shape index (κ2) is 10.5. The van der Waals surface area contributed by atoms with Gasteiger partial charge in [0, 0.05) is 20.1 Å². The number of rotatable bonds is 7. The van der Waals surface area contributed by atoms with Gasteiger partial charge in [0.05, 0.1) is 16.7 Å². The highest BCUT2D eigenvalue weighted by molar-refractivity contribution is 5.26. The van der Waals surface area contributed by atoms with Gasteiger partial charge in [-0.05, 0) is 13.6 Å². The largest absolute Gasteiger partial charge is 0.371 e. The van der Waals surface area contributed by atoms with Crippen LogP contribution in [-0.2, 0) is 0 Å². The zero-order valence-electron chi connectivity index (χ0n) is 11.5. The van der Waals surface area contributed by atoms with Crippen molar-refractivity contribution in [3.63, 3.8) is 0 Å². The van der Waals surface area contributed by atoms with Gasteiger partial charge in [-0.3, -0.25) is 10.1 Å². The van der Waals surface area contributed by atoms with E-state index in [0.717, 1.165) is 6.08 Å². The predicted molar refractivity (Wildman–Crippen MR) is 72.4 cm³/mol. The Labute approximate surface area is 108 Å². The lowest BCUT2D eigenvalue weighted by atomic mass is 10.3. The lowest BCUT2D eigenvalue weighted by molar-refractivity contribution is -0.418. The molecule has 1 N–H and O–H groups in total. The summed E-state index contributed by atoms with van der Waals surface area (Å²) in [6, 6.07) is 0. The first kappa shape index (κ1) is 18.7. The highest BCUT2D eigenvalue weighted by atomic mass is 19.1. The molecule has 18 heavy (non-hydrogen) atoms. The van der Waals surface area contributed by atoms with Crippen molar-refractivity contribution in [2.24, 2.45) is 0 Å². The molecule has 0 unspecified atom stereocenters. The number of halogens is 1. The normalized spacial score (nSPS) is 10.2. The molecular weight excluding hydrogens is 237 g/mol. The van der Waals surface area contributed by atoms with E-state index in [1.165, 1.54) is 0 Å². The van der Waals surface area contributed by atoms with Crippen LogP contribution in [0.1, 0.15) is 13.8 Å². The molecule has 5 nitrogen and oxygen atoms in total. The fourth-order valence-corrected chi connectivity index (χ4v) is 0.879. The molecule has 0 amide bonds. The molecule has 0 aromatic carbocycles. The molecule has 0 heterocycles. The summed E-state index contributed by atoms with van der Waals surface area (Å²) in [5.74, 6) is -0.750. The molecule has 0 saturated carbocycles. The minimum atomic E-state index is -0.750. The Bertz CT molecular complexity index is 327. The van der Waals surface area contributed by atoms with Crippen molar-refractivity contribution >= 4 is 0 Å². The maximum Gasteiger partial charge on any atom is 0.265 e. The van der Waals surface area contributed by atoms with Gasteiger partial charge in [0.1, 0.15) is 0 Å². The smallest absolute Gasteiger partial charge is 0.265 e. The van der Waals surface area contributed by atoms with Crippen molar-refractivity contribution in [3.05, 3.63) is 46.6 Å². The van der Waals surface area contributed by atoms with Crippen molar-refractivity contribution in [2.75, 3.05) is 27.2 Å². The van der Waals surface area contributed by atoms with E-state index in [9.17, 15) is 14.5 Å². The molecule has 0 aromatic heterocycles. The molecule has 0 atom stereocenters. The third-order valence-electron chi connectivity index (χ3n) is 1.96. The van der Waals surface area contributed by atoms with Crippen molar-refractivity contribution in [1.82, 2.24) is 10.2 Å². The zero-order chi connectivity index (χ0) is 14.7. The summed E-state index contributed by atoms with van der Waals surface area (Å²) in [4.78, 5) is 11.1. The summed E-state index contributed by atoms with van der Waals surface area (Å²) in [5.41, 5.74) is -0.404. The van der Waals surface area contributed by atoms with Crippen LogP contribution in [-0.4, -0.2) is 37.0 Å². The van der Waals surface area contributed by atoms with Crippen LogP contribution >= 0.6 is 0 Å². The summed E-state index contributed by atoms with van der Waals surface area (Å²) in [6.45, 7) is 11.8. The van der Waals surface area contributed by atoms with Crippen LogP contribution in [0.3, 0.4) is 0 Å². The Morgan fingerprint density at radius 2 is 2.00 bits per heavy atom. The number of hydrogen-bond donors (Lipinski definition) is 1. The van der Waals surface area contributed by atoms with E-state index < -0.39 is 16.4 Å². The van der Waals surface area contributed by atoms with Crippen molar-refractivity contribution < 1.29 is 9.31 Å². The standard InChI is InChI=1S/C10H16FN3O2.C2H6/c1-8(14(15)16)7-10(11)9(2)13(4)6-5-12-3;1-2/h7,12H,1-2,5-6H2,3-4H3;1-2H3/b10-7+;. The van der Waals surface area contributed by atoms with E-state index in [-0.39, 0.29) is 5.70 Å². The number of allylic oxidation sites excluding steroid dienone is 2. The predicted octanol–water partition coefficient (Wildman–Crippen LogP) is 2.32.